The van der Waals surface area contributed by atoms with Crippen LogP contribution in [-0.2, 0) is 81.3 Å². The number of hydrogen-bond acceptors (Lipinski definition) is 18. The number of methoxy groups -OCH3 is 1. The molecule has 0 aliphatic rings. The van der Waals surface area contributed by atoms with E-state index in [1.807, 2.05) is 27.7 Å². The molecule has 0 aromatic rings. The first-order valence-electron chi connectivity index (χ1n) is 35.1. The third-order valence-electron chi connectivity index (χ3n) is 15.8. The number of carbonyl (C=O) groups excluding carboxylic acids is 15. The Morgan fingerprint density at radius 2 is 0.584 bits per heavy atom. The molecule has 0 radical (unpaired) electrons. The molecule has 0 unspecified atom stereocenters. The van der Waals surface area contributed by atoms with Gasteiger partial charge in [-0.15, -0.1) is 0 Å². The van der Waals surface area contributed by atoms with Gasteiger partial charge in [-0.2, -0.15) is 0 Å². The minimum Gasteiger partial charge on any atom is -0.467 e. The van der Waals surface area contributed by atoms with Crippen LogP contribution in [0.1, 0.15) is 213 Å². The molecular formula is C70H125N13O18. The van der Waals surface area contributed by atoms with Crippen LogP contribution >= 0.6 is 0 Å². The Balaban J connectivity index is 6.21. The Bertz CT molecular complexity index is 2870. The van der Waals surface area contributed by atoms with E-state index in [2.05, 4.69) is 69.1 Å². The van der Waals surface area contributed by atoms with Gasteiger partial charge < -0.3 is 83.3 Å². The van der Waals surface area contributed by atoms with E-state index in [0.717, 1.165) is 0 Å². The van der Waals surface area contributed by atoms with E-state index in [9.17, 15) is 71.9 Å². The molecule has 31 heteroatoms. The zero-order valence-corrected chi connectivity index (χ0v) is 65.2. The predicted molar refractivity (Wildman–Crippen MR) is 379 cm³/mol. The van der Waals surface area contributed by atoms with Crippen molar-refractivity contribution in [2.45, 2.75) is 302 Å². The highest BCUT2D eigenvalue weighted by atomic mass is 16.6. The van der Waals surface area contributed by atoms with Crippen LogP contribution in [0.25, 0.3) is 0 Å². The van der Waals surface area contributed by atoms with E-state index in [1.165, 1.54) is 62.5 Å². The second kappa shape index (κ2) is 41.7. The summed E-state index contributed by atoms with van der Waals surface area (Å²) in [5.41, 5.74) is -4.24. The monoisotopic (exact) mass is 1440 g/mol. The van der Waals surface area contributed by atoms with Crippen molar-refractivity contribution >= 4 is 88.9 Å². The molecule has 0 saturated carbocycles. The van der Waals surface area contributed by atoms with Crippen LogP contribution in [0, 0.1) is 47.3 Å². The fourth-order valence-electron chi connectivity index (χ4n) is 9.86. The van der Waals surface area contributed by atoms with E-state index in [1.54, 1.807) is 104 Å². The molecule has 0 aromatic carbocycles. The molecule has 0 aliphatic heterocycles. The first-order chi connectivity index (χ1) is 46.1. The fourth-order valence-corrected chi connectivity index (χ4v) is 9.86. The van der Waals surface area contributed by atoms with E-state index >= 15 is 0 Å². The average Bonchev–Trinajstić information content (AvgIpc) is 0.841. The summed E-state index contributed by atoms with van der Waals surface area (Å²) in [4.78, 5) is 204. The van der Waals surface area contributed by atoms with Crippen molar-refractivity contribution in [1.82, 2.24) is 69.1 Å². The van der Waals surface area contributed by atoms with Crippen molar-refractivity contribution < 1.29 is 86.1 Å². The molecule has 0 heterocycles. The summed E-state index contributed by atoms with van der Waals surface area (Å²) in [5.74, 6) is -13.5. The van der Waals surface area contributed by atoms with Crippen molar-refractivity contribution in [3.8, 4) is 0 Å². The Hall–Kier alpha value is -8.15. The summed E-state index contributed by atoms with van der Waals surface area (Å²) < 4.78 is 15.5. The molecule has 0 saturated heterocycles. The van der Waals surface area contributed by atoms with Crippen molar-refractivity contribution in [1.29, 1.82) is 0 Å². The lowest BCUT2D eigenvalue weighted by atomic mass is 9.97. The maximum atomic E-state index is 14.1. The maximum Gasteiger partial charge on any atom is 0.408 e. The Labute approximate surface area is 598 Å². The molecule has 12 atom stereocenters. The van der Waals surface area contributed by atoms with Crippen LogP contribution in [0.2, 0.25) is 0 Å². The Morgan fingerprint density at radius 3 is 0.891 bits per heavy atom. The second-order valence-electron chi connectivity index (χ2n) is 31.3. The van der Waals surface area contributed by atoms with Crippen molar-refractivity contribution in [3.63, 3.8) is 0 Å². The normalized spacial score (nSPS) is 15.5. The van der Waals surface area contributed by atoms with Crippen LogP contribution in [-0.4, -0.2) is 185 Å². The Morgan fingerprint density at radius 1 is 0.297 bits per heavy atom. The van der Waals surface area contributed by atoms with E-state index < -0.39 is 202 Å². The van der Waals surface area contributed by atoms with E-state index in [-0.39, 0.29) is 49.4 Å². The number of ether oxygens (including phenoxy) is 3. The minimum absolute atomic E-state index is 0.00836. The lowest BCUT2D eigenvalue weighted by Crippen LogP contribution is -2.64. The van der Waals surface area contributed by atoms with Gasteiger partial charge in [0.25, 0.3) is 5.91 Å². The third-order valence-corrected chi connectivity index (χ3v) is 15.8. The van der Waals surface area contributed by atoms with Gasteiger partial charge in [0.1, 0.15) is 83.1 Å². The zero-order valence-electron chi connectivity index (χ0n) is 65.2. The van der Waals surface area contributed by atoms with E-state index in [4.69, 9.17) is 14.2 Å². The smallest absolute Gasteiger partial charge is 0.408 e. The highest BCUT2D eigenvalue weighted by Gasteiger charge is 2.41. The lowest BCUT2D eigenvalue weighted by molar-refractivity contribution is -0.160. The topological polar surface area (TPSA) is 440 Å². The highest BCUT2D eigenvalue weighted by molar-refractivity contribution is 6.01. The molecule has 13 amide bonds. The second-order valence-corrected chi connectivity index (χ2v) is 31.3. The first kappa shape index (κ1) is 92.8. The standard InChI is InChI=1S/C70H125N13O18/c1-33(2)29-45(74-53(84)41(17)72-61(92)50(38(11)12)79-65(96)69(24,25)82-58(89)46(30-34(3)4)76-55(86)43(19)73-62(93)51(39(13)14)81-67(98)101-68(21,22)23)57(88)78-49(37(9)10)60(91)71-42(18)54(85)75-47(31-35(5)6)59(90)83-70(26,27)66(97)80-52(40(15)16)64(95)100-44(20)56(87)77-48(32-36(7)8)63(94)99-28/h33-52H,29-32H2,1-28H3,(H,71,91)(H,72,92)(H,73,93)(H,74,84)(H,75,85)(H,76,86)(H,77,87)(H,78,88)(H,79,96)(H,80,97)(H,81,98)(H,82,89)(H,83,90)/t41-,42-,43-,44-,45-,46-,47-,48-,49-,50-,51-,52-/m0/s1. The van der Waals surface area contributed by atoms with Crippen LogP contribution in [0.4, 0.5) is 4.79 Å². The van der Waals surface area contributed by atoms with Gasteiger partial charge in [0.2, 0.25) is 65.0 Å². The van der Waals surface area contributed by atoms with Gasteiger partial charge in [-0.25, -0.2) is 14.4 Å². The van der Waals surface area contributed by atoms with Crippen LogP contribution < -0.4 is 69.1 Å². The van der Waals surface area contributed by atoms with Gasteiger partial charge >= 0.3 is 18.0 Å². The van der Waals surface area contributed by atoms with Gasteiger partial charge in [0, 0.05) is 0 Å². The summed E-state index contributed by atoms with van der Waals surface area (Å²) in [6.07, 6.45) is -1.68. The minimum atomic E-state index is -1.71. The summed E-state index contributed by atoms with van der Waals surface area (Å²) in [5, 5.41) is 34.0. The van der Waals surface area contributed by atoms with E-state index in [0.29, 0.717) is 0 Å². The summed E-state index contributed by atoms with van der Waals surface area (Å²) in [6.45, 7) is 43.7. The summed E-state index contributed by atoms with van der Waals surface area (Å²) in [6, 6.07) is -13.4. The van der Waals surface area contributed by atoms with Crippen molar-refractivity contribution in [2.75, 3.05) is 7.11 Å². The maximum absolute atomic E-state index is 14.1. The van der Waals surface area contributed by atoms with Gasteiger partial charge in [-0.1, -0.05) is 111 Å². The summed E-state index contributed by atoms with van der Waals surface area (Å²) in [7, 11) is 1.18. The number of rotatable bonds is 40. The number of carbonyl (C=O) groups is 15. The number of nitrogens with one attached hydrogen (secondary N) is 13. The highest BCUT2D eigenvalue weighted by Crippen LogP contribution is 2.17. The van der Waals surface area contributed by atoms with Crippen LogP contribution in [0.15, 0.2) is 0 Å². The van der Waals surface area contributed by atoms with Crippen LogP contribution in [0.3, 0.4) is 0 Å². The zero-order chi connectivity index (χ0) is 78.8. The molecule has 0 spiro atoms. The quantitative estimate of drug-likeness (QED) is 0.0310. The average molecular weight is 1440 g/mol. The third kappa shape index (κ3) is 33.5. The predicted octanol–water partition coefficient (Wildman–Crippen LogP) is 2.49. The molecule has 0 fully saturated rings. The molecule has 0 rings (SSSR count). The lowest BCUT2D eigenvalue weighted by Gasteiger charge is -2.32. The number of esters is 2. The number of alkyl carbamates (subject to hydrolysis) is 1. The molecule has 578 valence electrons. The largest absolute Gasteiger partial charge is 0.467 e. The van der Waals surface area contributed by atoms with Gasteiger partial charge in [0.15, 0.2) is 6.10 Å². The van der Waals surface area contributed by atoms with Crippen LogP contribution in [0.5, 0.6) is 0 Å². The molecule has 31 nitrogen and oxygen atoms in total. The molecule has 0 aliphatic carbocycles. The van der Waals surface area contributed by atoms with Gasteiger partial charge in [-0.05, 0) is 149 Å². The van der Waals surface area contributed by atoms with Crippen molar-refractivity contribution in [3.05, 3.63) is 0 Å². The SMILES string of the molecule is COC(=O)[C@H](CC(C)C)NC(=O)[C@H](C)OC(=O)[C@@H](NC(=O)C(C)(C)NC(=O)[C@H](CC(C)C)NC(=O)[C@H](C)NC(=O)[C@@H](NC(=O)[C@H](CC(C)C)NC(=O)[C@H](C)NC(=O)[C@@H](NC(=O)C(C)(C)NC(=O)[C@H](CC(C)C)NC(=O)[C@H](C)NC(=O)[C@@H](NC(=O)OC(C)(C)C)C(C)C)C(C)C)C(C)C)C(C)C. The fraction of sp³-hybridized carbons (Fsp3) is 0.786. The molecule has 0 bridgehead atoms. The number of hydrogen-bond donors (Lipinski definition) is 13. The Kier molecular flexibility index (Phi) is 38.3. The van der Waals surface area contributed by atoms with Gasteiger partial charge in [0.05, 0.1) is 7.11 Å². The first-order valence-corrected chi connectivity index (χ1v) is 35.1. The molecule has 13 N–H and O–H groups in total. The number of amides is 13. The molecule has 0 aromatic heterocycles. The van der Waals surface area contributed by atoms with Gasteiger partial charge in [-0.3, -0.25) is 57.5 Å². The molecular weight excluding hydrogens is 1310 g/mol. The van der Waals surface area contributed by atoms with Crippen molar-refractivity contribution in [2.24, 2.45) is 47.3 Å². The summed E-state index contributed by atoms with van der Waals surface area (Å²) >= 11 is 0. The molecule has 101 heavy (non-hydrogen) atoms.